The van der Waals surface area contributed by atoms with E-state index in [1.807, 2.05) is 54.6 Å². The van der Waals surface area contributed by atoms with E-state index in [0.29, 0.717) is 0 Å². The summed E-state index contributed by atoms with van der Waals surface area (Å²) in [4.78, 5) is 0. The molecule has 0 radical (unpaired) electrons. The minimum absolute atomic E-state index is 0. The molecule has 3 rings (SSSR count). The quantitative estimate of drug-likeness (QED) is 0.194. The zero-order valence-corrected chi connectivity index (χ0v) is 26.2. The predicted molar refractivity (Wildman–Crippen MR) is 164 cm³/mol. The second kappa shape index (κ2) is 14.6. The molecule has 3 aromatic carbocycles. The van der Waals surface area contributed by atoms with Crippen LogP contribution in [0.4, 0.5) is 13.2 Å². The van der Waals surface area contributed by atoms with Gasteiger partial charge in [0, 0.05) is 8.95 Å². The Morgan fingerprint density at radius 3 is 1.50 bits per heavy atom. The molecule has 0 aromatic heterocycles. The zero-order chi connectivity index (χ0) is 26.4. The number of hydrogen-bond acceptors (Lipinski definition) is 1. The third kappa shape index (κ3) is 10.7. The first-order valence-electron chi connectivity index (χ1n) is 11.3. The van der Waals surface area contributed by atoms with E-state index in [4.69, 9.17) is 0 Å². The first-order valence-corrected chi connectivity index (χ1v) is 19.2. The third-order valence-electron chi connectivity index (χ3n) is 5.69. The molecular formula is C27H33Br2F3NNaSi2. The molecule has 9 heteroatoms. The fourth-order valence-electron chi connectivity index (χ4n) is 3.30. The number of rotatable bonds is 5. The number of nitrogens with zero attached hydrogens (tertiary/aromatic N) is 1. The molecule has 0 aliphatic carbocycles. The van der Waals surface area contributed by atoms with Gasteiger partial charge >= 0.3 is 35.7 Å². The van der Waals surface area contributed by atoms with Crippen LogP contribution in [0.1, 0.15) is 22.3 Å². The van der Waals surface area contributed by atoms with E-state index in [1.165, 1.54) is 12.1 Å². The van der Waals surface area contributed by atoms with Gasteiger partial charge in [0.25, 0.3) is 0 Å². The van der Waals surface area contributed by atoms with Crippen LogP contribution in [-0.4, -0.2) is 58.0 Å². The zero-order valence-electron chi connectivity index (χ0n) is 20.9. The molecule has 0 saturated heterocycles. The van der Waals surface area contributed by atoms with E-state index in [9.17, 15) is 13.2 Å². The summed E-state index contributed by atoms with van der Waals surface area (Å²) in [6, 6.07) is 20.7. The number of alkyl halides is 3. The first kappa shape index (κ1) is 33.6. The van der Waals surface area contributed by atoms with Gasteiger partial charge in [-0.3, -0.25) is 0 Å². The van der Waals surface area contributed by atoms with Crippen LogP contribution in [0.2, 0.25) is 32.7 Å². The molecule has 0 saturated carbocycles. The average Bonchev–Trinajstić information content (AvgIpc) is 2.78. The molecule has 0 N–H and O–H groups in total. The maximum absolute atomic E-state index is 12.8. The monoisotopic (exact) mass is 665 g/mol. The Balaban J connectivity index is 0.000000557. The normalized spacial score (nSPS) is 12.2. The molecule has 0 heterocycles. The molecule has 36 heavy (non-hydrogen) atoms. The molecule has 0 amide bonds. The minimum atomic E-state index is -4.34. The van der Waals surface area contributed by atoms with Gasteiger partial charge in [-0.05, 0) is 71.8 Å². The van der Waals surface area contributed by atoms with Gasteiger partial charge in [-0.25, -0.2) is 0 Å². The Bertz CT molecular complexity index is 1110. The van der Waals surface area contributed by atoms with Crippen molar-refractivity contribution in [2.24, 2.45) is 0 Å². The van der Waals surface area contributed by atoms with Gasteiger partial charge in [-0.1, -0.05) is 101 Å². The van der Waals surface area contributed by atoms with Crippen molar-refractivity contribution in [3.8, 4) is 0 Å². The van der Waals surface area contributed by atoms with Crippen LogP contribution in [0.5, 0.6) is 0 Å². The summed E-state index contributed by atoms with van der Waals surface area (Å²) in [5, 5.41) is 0. The van der Waals surface area contributed by atoms with Crippen molar-refractivity contribution >= 4 is 90.3 Å². The molecule has 0 bridgehead atoms. The van der Waals surface area contributed by atoms with Crippen molar-refractivity contribution in [1.82, 2.24) is 4.23 Å². The van der Waals surface area contributed by atoms with E-state index >= 15 is 0 Å². The molecule has 1 nitrogen and oxygen atoms in total. The van der Waals surface area contributed by atoms with Gasteiger partial charge < -0.3 is 4.23 Å². The number of halogens is 5. The van der Waals surface area contributed by atoms with E-state index in [0.717, 1.165) is 43.3 Å². The van der Waals surface area contributed by atoms with Crippen LogP contribution < -0.4 is 0 Å². The maximum atomic E-state index is 12.8. The second-order valence-electron chi connectivity index (χ2n) is 9.57. The van der Waals surface area contributed by atoms with Crippen molar-refractivity contribution in [2.45, 2.75) is 38.9 Å². The topological polar surface area (TPSA) is 3.24 Å². The van der Waals surface area contributed by atoms with Gasteiger partial charge in [0.2, 0.25) is 0 Å². The number of hydrogen-bond donors (Lipinski definition) is 0. The SMILES string of the molecule is CN([SiH](C)C)[Si](C)(C)C.FC(F)(F)c1ccc(C(=Cc2ccc(Br)cc2)c2ccc(Br)cc2)cc1.[NaH]. The summed E-state index contributed by atoms with van der Waals surface area (Å²) in [6.07, 6.45) is -2.37. The summed E-state index contributed by atoms with van der Waals surface area (Å²) in [7, 11) is 0.858. The molecule has 0 atom stereocenters. The van der Waals surface area contributed by atoms with Gasteiger partial charge in [-0.15, -0.1) is 0 Å². The molecule has 0 aliphatic rings. The summed E-state index contributed by atoms with van der Waals surface area (Å²) >= 11 is 6.81. The van der Waals surface area contributed by atoms with Crippen molar-refractivity contribution < 1.29 is 13.2 Å². The van der Waals surface area contributed by atoms with Crippen LogP contribution in [-0.2, 0) is 6.18 Å². The summed E-state index contributed by atoms with van der Waals surface area (Å²) < 4.78 is 43.1. The molecule has 3 aromatic rings. The molecular weight excluding hydrogens is 634 g/mol. The van der Waals surface area contributed by atoms with Crippen molar-refractivity contribution in [2.75, 3.05) is 7.05 Å². The standard InChI is InChI=1S/C21H13Br2F3.C6H19NSi2.Na.H/c22-18-9-1-14(2-10-18)13-20(16-5-11-19(23)12-6-16)15-3-7-17(8-4-15)21(24,25)26;1-7(8(2)3)9(4,5)6;;/h1-13H;8H,1-6H3;;. The first-order chi connectivity index (χ1) is 16.2. The van der Waals surface area contributed by atoms with Crippen molar-refractivity contribution in [3.05, 3.63) is 104 Å². The van der Waals surface area contributed by atoms with Gasteiger partial charge in [0.05, 0.1) is 14.5 Å². The van der Waals surface area contributed by atoms with E-state index < -0.39 is 28.9 Å². The summed E-state index contributed by atoms with van der Waals surface area (Å²) in [6.45, 7) is 12.0. The van der Waals surface area contributed by atoms with Crippen molar-refractivity contribution in [1.29, 1.82) is 0 Å². The molecule has 190 valence electrons. The van der Waals surface area contributed by atoms with Crippen LogP contribution in [0.15, 0.2) is 81.7 Å². The van der Waals surface area contributed by atoms with E-state index in [1.54, 1.807) is 0 Å². The van der Waals surface area contributed by atoms with Crippen LogP contribution >= 0.6 is 31.9 Å². The van der Waals surface area contributed by atoms with Gasteiger partial charge in [-0.2, -0.15) is 13.2 Å². The predicted octanol–water partition coefficient (Wildman–Crippen LogP) is 8.91. The Labute approximate surface area is 255 Å². The molecule has 0 aliphatic heterocycles. The molecule has 0 unspecified atom stereocenters. The Morgan fingerprint density at radius 1 is 0.778 bits per heavy atom. The molecule has 0 spiro atoms. The second-order valence-corrected chi connectivity index (χ2v) is 19.9. The summed E-state index contributed by atoms with van der Waals surface area (Å²) in [5.41, 5.74) is 2.82. The third-order valence-corrected chi connectivity index (χ3v) is 14.3. The Hall–Kier alpha value is -0.456. The van der Waals surface area contributed by atoms with Crippen molar-refractivity contribution in [3.63, 3.8) is 0 Å². The van der Waals surface area contributed by atoms with Gasteiger partial charge in [0.1, 0.15) is 8.24 Å². The number of benzene rings is 3. The average molecular weight is 668 g/mol. The van der Waals surface area contributed by atoms with Crippen LogP contribution in [0.25, 0.3) is 11.6 Å². The molecule has 0 fully saturated rings. The van der Waals surface area contributed by atoms with Crippen LogP contribution in [0, 0.1) is 0 Å². The van der Waals surface area contributed by atoms with Gasteiger partial charge in [0.15, 0.2) is 0 Å². The fraction of sp³-hybridized carbons (Fsp3) is 0.259. The Kier molecular flexibility index (Phi) is 13.6. The Morgan fingerprint density at radius 2 is 1.17 bits per heavy atom. The summed E-state index contributed by atoms with van der Waals surface area (Å²) in [5.74, 6) is 0. The van der Waals surface area contributed by atoms with E-state index in [2.05, 4.69) is 75.9 Å². The van der Waals surface area contributed by atoms with E-state index in [-0.39, 0.29) is 29.6 Å². The van der Waals surface area contributed by atoms with Crippen LogP contribution in [0.3, 0.4) is 0 Å². The fourth-order valence-corrected chi connectivity index (χ4v) is 10.0.